The van der Waals surface area contributed by atoms with Gasteiger partial charge in [-0.05, 0) is 83.8 Å². The molecule has 3 aromatic rings. The topological polar surface area (TPSA) is 70.9 Å². The molecule has 1 aliphatic heterocycles. The largest absolute Gasteiger partial charge is 0.508 e. The second-order valence-corrected chi connectivity index (χ2v) is 8.84. The summed E-state index contributed by atoms with van der Waals surface area (Å²) in [6, 6.07) is 20.9. The van der Waals surface area contributed by atoms with Crippen LogP contribution in [0.2, 0.25) is 0 Å². The fourth-order valence-corrected chi connectivity index (χ4v) is 4.09. The van der Waals surface area contributed by atoms with Gasteiger partial charge in [0.05, 0.1) is 10.6 Å². The molecule has 162 valence electrons. The number of aryl methyl sites for hydroxylation is 1. The molecule has 32 heavy (non-hydrogen) atoms. The number of nitrogens with zero attached hydrogens (tertiary/aromatic N) is 1. The molecule has 0 spiro atoms. The molecule has 1 amide bonds. The third-order valence-electron chi connectivity index (χ3n) is 4.99. The summed E-state index contributed by atoms with van der Waals surface area (Å²) >= 11 is 1.11. The fraction of sp³-hybridized carbons (Fsp3) is 0.154. The molecule has 0 saturated carbocycles. The Labute approximate surface area is 191 Å². The molecule has 0 unspecified atom stereocenters. The number of rotatable bonds is 5. The predicted molar refractivity (Wildman–Crippen MR) is 131 cm³/mol. The summed E-state index contributed by atoms with van der Waals surface area (Å²) in [5, 5.41) is 12.9. The van der Waals surface area contributed by atoms with Crippen molar-refractivity contribution in [1.82, 2.24) is 5.32 Å². The van der Waals surface area contributed by atoms with Crippen LogP contribution in [-0.4, -0.2) is 16.2 Å². The zero-order chi connectivity index (χ0) is 22.7. The van der Waals surface area contributed by atoms with Crippen molar-refractivity contribution in [3.05, 3.63) is 88.3 Å². The second kappa shape index (κ2) is 9.32. The molecule has 0 bridgehead atoms. The lowest BCUT2D eigenvalue weighted by Gasteiger charge is -2.12. The van der Waals surface area contributed by atoms with E-state index in [-0.39, 0.29) is 16.9 Å². The van der Waals surface area contributed by atoms with E-state index >= 15 is 0 Å². The first-order valence-electron chi connectivity index (χ1n) is 10.3. The van der Waals surface area contributed by atoms with Crippen molar-refractivity contribution in [3.63, 3.8) is 0 Å². The molecule has 4 rings (SSSR count). The Morgan fingerprint density at radius 3 is 2.53 bits per heavy atom. The highest BCUT2D eigenvalue weighted by Crippen LogP contribution is 2.35. The Balaban J connectivity index is 1.66. The minimum atomic E-state index is -0.174. The van der Waals surface area contributed by atoms with E-state index in [2.05, 4.69) is 5.32 Å². The fourth-order valence-electron chi connectivity index (χ4n) is 3.36. The molecule has 1 saturated heterocycles. The first-order valence-corrected chi connectivity index (χ1v) is 11.2. The van der Waals surface area contributed by atoms with Crippen LogP contribution in [0.3, 0.4) is 0 Å². The molecule has 3 aromatic carbocycles. The molecule has 1 aliphatic rings. The van der Waals surface area contributed by atoms with Gasteiger partial charge in [0.1, 0.15) is 23.1 Å². The molecule has 0 aliphatic carbocycles. The minimum absolute atomic E-state index is 0.157. The SMILES string of the molecule is Cc1cc(O)c(C(C)C)cc1N=C1NC(=O)SC1=Cc1cccc(Oc2ccccc2)c1. The van der Waals surface area contributed by atoms with Gasteiger partial charge in [0.2, 0.25) is 0 Å². The van der Waals surface area contributed by atoms with Gasteiger partial charge < -0.3 is 15.2 Å². The number of hydrogen-bond acceptors (Lipinski definition) is 5. The van der Waals surface area contributed by atoms with Crippen LogP contribution < -0.4 is 10.1 Å². The average molecular weight is 445 g/mol. The Morgan fingerprint density at radius 2 is 1.78 bits per heavy atom. The third-order valence-corrected chi connectivity index (χ3v) is 5.81. The van der Waals surface area contributed by atoms with Gasteiger partial charge >= 0.3 is 0 Å². The summed E-state index contributed by atoms with van der Waals surface area (Å²) in [6.45, 7) is 5.93. The zero-order valence-electron chi connectivity index (χ0n) is 18.1. The number of phenols is 1. The van der Waals surface area contributed by atoms with Crippen molar-refractivity contribution in [3.8, 4) is 17.2 Å². The molecule has 6 heteroatoms. The number of aromatic hydroxyl groups is 1. The number of thioether (sulfide) groups is 1. The van der Waals surface area contributed by atoms with E-state index < -0.39 is 0 Å². The number of phenolic OH excluding ortho intramolecular Hbond substituents is 1. The van der Waals surface area contributed by atoms with Crippen molar-refractivity contribution in [2.24, 2.45) is 4.99 Å². The van der Waals surface area contributed by atoms with Crippen LogP contribution in [0.1, 0.15) is 36.5 Å². The maximum atomic E-state index is 12.1. The predicted octanol–water partition coefficient (Wildman–Crippen LogP) is 7.14. The molecular formula is C26H24N2O3S. The van der Waals surface area contributed by atoms with Crippen LogP contribution in [0.25, 0.3) is 6.08 Å². The number of benzene rings is 3. The maximum Gasteiger partial charge on any atom is 0.289 e. The summed E-state index contributed by atoms with van der Waals surface area (Å²) in [7, 11) is 0. The number of aliphatic imine (C=N–C) groups is 1. The Morgan fingerprint density at radius 1 is 1.03 bits per heavy atom. The molecule has 0 aromatic heterocycles. The van der Waals surface area contributed by atoms with E-state index in [1.165, 1.54) is 0 Å². The van der Waals surface area contributed by atoms with E-state index in [1.807, 2.05) is 87.5 Å². The van der Waals surface area contributed by atoms with Gasteiger partial charge in [-0.3, -0.25) is 4.79 Å². The normalized spacial score (nSPS) is 16.1. The second-order valence-electron chi connectivity index (χ2n) is 7.82. The monoisotopic (exact) mass is 444 g/mol. The first kappa shape index (κ1) is 21.7. The lowest BCUT2D eigenvalue weighted by atomic mass is 9.99. The van der Waals surface area contributed by atoms with Gasteiger partial charge in [-0.25, -0.2) is 4.99 Å². The number of nitrogens with one attached hydrogen (secondary N) is 1. The van der Waals surface area contributed by atoms with E-state index in [1.54, 1.807) is 6.07 Å². The molecule has 0 atom stereocenters. The van der Waals surface area contributed by atoms with Crippen molar-refractivity contribution in [1.29, 1.82) is 0 Å². The molecule has 5 nitrogen and oxygen atoms in total. The molecule has 1 heterocycles. The standard InChI is InChI=1S/C26H24N2O3S/c1-16(2)21-15-22(17(3)12-23(21)29)27-25-24(32-26(30)28-25)14-18-8-7-11-20(13-18)31-19-9-5-4-6-10-19/h4-16,29H,1-3H3,(H,27,28,30). The van der Waals surface area contributed by atoms with Crippen LogP contribution in [0.5, 0.6) is 17.2 Å². The minimum Gasteiger partial charge on any atom is -0.508 e. The number of ether oxygens (including phenoxy) is 1. The lowest BCUT2D eigenvalue weighted by molar-refractivity contribution is 0.265. The number of para-hydroxylation sites is 1. The summed E-state index contributed by atoms with van der Waals surface area (Å²) in [6.07, 6.45) is 1.92. The Hall–Kier alpha value is -3.51. The van der Waals surface area contributed by atoms with Gasteiger partial charge in [0.15, 0.2) is 0 Å². The van der Waals surface area contributed by atoms with E-state index in [0.717, 1.165) is 44.8 Å². The van der Waals surface area contributed by atoms with Crippen molar-refractivity contribution in [2.45, 2.75) is 26.7 Å². The van der Waals surface area contributed by atoms with Gasteiger partial charge in [0, 0.05) is 0 Å². The summed E-state index contributed by atoms with van der Waals surface area (Å²) in [4.78, 5) is 17.6. The lowest BCUT2D eigenvalue weighted by Crippen LogP contribution is -2.18. The highest BCUT2D eigenvalue weighted by molar-refractivity contribution is 8.18. The van der Waals surface area contributed by atoms with Crippen LogP contribution >= 0.6 is 11.8 Å². The van der Waals surface area contributed by atoms with Crippen molar-refractivity contribution >= 4 is 34.6 Å². The van der Waals surface area contributed by atoms with E-state index in [0.29, 0.717) is 11.6 Å². The Kier molecular flexibility index (Phi) is 6.32. The maximum absolute atomic E-state index is 12.1. The number of carbonyl (C=O) groups excluding carboxylic acids is 1. The van der Waals surface area contributed by atoms with E-state index in [4.69, 9.17) is 9.73 Å². The van der Waals surface area contributed by atoms with Crippen molar-refractivity contribution < 1.29 is 14.6 Å². The number of amidine groups is 1. The average Bonchev–Trinajstić information content (AvgIpc) is 3.09. The summed E-state index contributed by atoms with van der Waals surface area (Å²) in [5.41, 5.74) is 3.28. The summed E-state index contributed by atoms with van der Waals surface area (Å²) in [5.74, 6) is 2.39. The zero-order valence-corrected chi connectivity index (χ0v) is 18.9. The smallest absolute Gasteiger partial charge is 0.289 e. The highest BCUT2D eigenvalue weighted by Gasteiger charge is 2.24. The van der Waals surface area contributed by atoms with Gasteiger partial charge in [-0.2, -0.15) is 0 Å². The van der Waals surface area contributed by atoms with Crippen LogP contribution in [0.15, 0.2) is 76.6 Å². The Bertz CT molecular complexity index is 1220. The number of carbonyl (C=O) groups is 1. The van der Waals surface area contributed by atoms with E-state index in [9.17, 15) is 9.90 Å². The molecular weight excluding hydrogens is 420 g/mol. The molecule has 0 radical (unpaired) electrons. The molecule has 2 N–H and O–H groups in total. The van der Waals surface area contributed by atoms with Crippen LogP contribution in [0, 0.1) is 6.92 Å². The van der Waals surface area contributed by atoms with Gasteiger partial charge in [-0.15, -0.1) is 0 Å². The highest BCUT2D eigenvalue weighted by atomic mass is 32.2. The summed E-state index contributed by atoms with van der Waals surface area (Å²) < 4.78 is 5.92. The van der Waals surface area contributed by atoms with Crippen molar-refractivity contribution in [2.75, 3.05) is 0 Å². The van der Waals surface area contributed by atoms with Crippen LogP contribution in [-0.2, 0) is 0 Å². The molecule has 1 fully saturated rings. The quantitative estimate of drug-likeness (QED) is 0.439. The van der Waals surface area contributed by atoms with Gasteiger partial charge in [-0.1, -0.05) is 44.2 Å². The number of hydrogen-bond donors (Lipinski definition) is 2. The number of amides is 1. The third kappa shape index (κ3) is 5.03. The van der Waals surface area contributed by atoms with Crippen LogP contribution in [0.4, 0.5) is 10.5 Å². The first-order chi connectivity index (χ1) is 15.4. The van der Waals surface area contributed by atoms with Gasteiger partial charge in [0.25, 0.3) is 5.24 Å².